The standard InChI is InChI=1S/C20H32NO2P/c1-16(2)19-12-11-17(3)15-20(19)23-24(22,21-13-7-8-14-21)18-9-5-4-6-10-18/h4-6,9-10,16-17,19-20H,7-8,11-15H2,1-3H3/t17-,19+,20-,24-/m1/s1. The van der Waals surface area contributed by atoms with Crippen molar-refractivity contribution in [2.75, 3.05) is 13.1 Å². The van der Waals surface area contributed by atoms with Gasteiger partial charge >= 0.3 is 7.52 Å². The lowest BCUT2D eigenvalue weighted by molar-refractivity contribution is 0.0434. The van der Waals surface area contributed by atoms with E-state index in [2.05, 4.69) is 25.4 Å². The van der Waals surface area contributed by atoms with Crippen molar-refractivity contribution in [3.8, 4) is 0 Å². The Bertz CT molecular complexity index is 568. The summed E-state index contributed by atoms with van der Waals surface area (Å²) < 4.78 is 22.8. The summed E-state index contributed by atoms with van der Waals surface area (Å²) in [7, 11) is -2.96. The van der Waals surface area contributed by atoms with Crippen LogP contribution in [0.1, 0.15) is 52.9 Å². The Morgan fingerprint density at radius 3 is 2.42 bits per heavy atom. The largest absolute Gasteiger partial charge is 0.310 e. The van der Waals surface area contributed by atoms with Crippen molar-refractivity contribution < 1.29 is 9.09 Å². The lowest BCUT2D eigenvalue weighted by Gasteiger charge is -2.40. The second-order valence-electron chi connectivity index (χ2n) is 7.99. The van der Waals surface area contributed by atoms with Gasteiger partial charge in [0, 0.05) is 13.1 Å². The zero-order chi connectivity index (χ0) is 17.2. The van der Waals surface area contributed by atoms with E-state index in [0.29, 0.717) is 17.8 Å². The van der Waals surface area contributed by atoms with Crippen LogP contribution in [0, 0.1) is 17.8 Å². The molecule has 1 saturated carbocycles. The Balaban J connectivity index is 1.89. The van der Waals surface area contributed by atoms with E-state index in [-0.39, 0.29) is 6.10 Å². The van der Waals surface area contributed by atoms with E-state index in [0.717, 1.165) is 37.7 Å². The van der Waals surface area contributed by atoms with Crippen LogP contribution in [0.25, 0.3) is 0 Å². The quantitative estimate of drug-likeness (QED) is 0.695. The molecule has 4 atom stereocenters. The molecule has 0 unspecified atom stereocenters. The van der Waals surface area contributed by atoms with Crippen LogP contribution in [0.2, 0.25) is 0 Å². The van der Waals surface area contributed by atoms with Gasteiger partial charge in [-0.2, -0.15) is 0 Å². The second-order valence-corrected chi connectivity index (χ2v) is 10.3. The molecule has 0 radical (unpaired) electrons. The summed E-state index contributed by atoms with van der Waals surface area (Å²) in [6.45, 7) is 8.64. The number of hydrogen-bond donors (Lipinski definition) is 0. The highest BCUT2D eigenvalue weighted by atomic mass is 31.2. The highest BCUT2D eigenvalue weighted by molar-refractivity contribution is 7.64. The summed E-state index contributed by atoms with van der Waals surface area (Å²) >= 11 is 0. The van der Waals surface area contributed by atoms with Gasteiger partial charge in [-0.3, -0.25) is 4.57 Å². The Morgan fingerprint density at radius 2 is 1.79 bits per heavy atom. The smallest absolute Gasteiger partial charge is 0.302 e. The van der Waals surface area contributed by atoms with Crippen molar-refractivity contribution in [1.82, 2.24) is 4.67 Å². The highest BCUT2D eigenvalue weighted by Crippen LogP contribution is 2.55. The first kappa shape index (κ1) is 18.2. The fourth-order valence-corrected chi connectivity index (χ4v) is 6.84. The molecule has 1 heterocycles. The zero-order valence-corrected chi connectivity index (χ0v) is 16.3. The van der Waals surface area contributed by atoms with Crippen LogP contribution in [0.15, 0.2) is 30.3 Å². The van der Waals surface area contributed by atoms with Crippen molar-refractivity contribution in [3.05, 3.63) is 30.3 Å². The monoisotopic (exact) mass is 349 g/mol. The molecule has 2 fully saturated rings. The van der Waals surface area contributed by atoms with Crippen molar-refractivity contribution in [1.29, 1.82) is 0 Å². The maximum atomic E-state index is 14.1. The predicted molar refractivity (Wildman–Crippen MR) is 101 cm³/mol. The van der Waals surface area contributed by atoms with Gasteiger partial charge in [0.25, 0.3) is 0 Å². The first-order valence-corrected chi connectivity index (χ1v) is 11.2. The summed E-state index contributed by atoms with van der Waals surface area (Å²) in [6, 6.07) is 9.90. The summed E-state index contributed by atoms with van der Waals surface area (Å²) in [5.74, 6) is 1.75. The third-order valence-corrected chi connectivity index (χ3v) is 8.43. The lowest BCUT2D eigenvalue weighted by Crippen LogP contribution is -2.37. The lowest BCUT2D eigenvalue weighted by atomic mass is 9.75. The Labute approximate surface area is 147 Å². The van der Waals surface area contributed by atoms with E-state index in [1.165, 1.54) is 12.8 Å². The normalized spacial score (nSPS) is 31.2. The molecule has 1 saturated heterocycles. The molecule has 0 spiro atoms. The molecular formula is C20H32NO2P. The van der Waals surface area contributed by atoms with Gasteiger partial charge in [0.15, 0.2) is 0 Å². The van der Waals surface area contributed by atoms with Gasteiger partial charge in [-0.25, -0.2) is 4.67 Å². The molecular weight excluding hydrogens is 317 g/mol. The van der Waals surface area contributed by atoms with Crippen LogP contribution in [-0.4, -0.2) is 23.9 Å². The second kappa shape index (κ2) is 7.72. The average molecular weight is 349 g/mol. The molecule has 0 bridgehead atoms. The fourth-order valence-electron chi connectivity index (χ4n) is 4.29. The average Bonchev–Trinajstić information content (AvgIpc) is 3.10. The van der Waals surface area contributed by atoms with Crippen molar-refractivity contribution in [3.63, 3.8) is 0 Å². The van der Waals surface area contributed by atoms with Crippen LogP contribution in [0.3, 0.4) is 0 Å². The van der Waals surface area contributed by atoms with E-state index >= 15 is 0 Å². The van der Waals surface area contributed by atoms with Gasteiger partial charge in [-0.1, -0.05) is 45.4 Å². The molecule has 2 aliphatic rings. The third kappa shape index (κ3) is 3.79. The van der Waals surface area contributed by atoms with E-state index in [9.17, 15) is 4.57 Å². The minimum atomic E-state index is -2.96. The van der Waals surface area contributed by atoms with Crippen LogP contribution in [0.5, 0.6) is 0 Å². The van der Waals surface area contributed by atoms with E-state index in [1.54, 1.807) is 0 Å². The molecule has 0 aromatic heterocycles. The van der Waals surface area contributed by atoms with Crippen LogP contribution < -0.4 is 5.30 Å². The Kier molecular flexibility index (Phi) is 5.85. The Morgan fingerprint density at radius 1 is 1.12 bits per heavy atom. The highest BCUT2D eigenvalue weighted by Gasteiger charge is 2.42. The molecule has 3 nitrogen and oxygen atoms in total. The molecule has 3 rings (SSSR count). The molecule has 24 heavy (non-hydrogen) atoms. The van der Waals surface area contributed by atoms with E-state index < -0.39 is 7.52 Å². The van der Waals surface area contributed by atoms with Gasteiger partial charge in [0.1, 0.15) is 0 Å². The van der Waals surface area contributed by atoms with Crippen LogP contribution in [-0.2, 0) is 9.09 Å². The van der Waals surface area contributed by atoms with Gasteiger partial charge in [-0.05, 0) is 55.6 Å². The van der Waals surface area contributed by atoms with E-state index in [4.69, 9.17) is 4.52 Å². The number of nitrogens with zero attached hydrogens (tertiary/aromatic N) is 1. The van der Waals surface area contributed by atoms with Crippen LogP contribution >= 0.6 is 7.52 Å². The summed E-state index contributed by atoms with van der Waals surface area (Å²) in [5, 5.41) is 0.868. The van der Waals surface area contributed by atoms with E-state index in [1.807, 2.05) is 30.3 Å². The first-order valence-electron chi connectivity index (χ1n) is 9.60. The molecule has 1 aromatic carbocycles. The number of rotatable bonds is 5. The Hall–Kier alpha value is -0.630. The SMILES string of the molecule is CC(C)[C@@H]1CC[C@@H](C)C[C@H]1O[P@](=O)(c1ccccc1)N1CCCC1. The first-order chi connectivity index (χ1) is 11.5. The molecule has 1 aromatic rings. The number of benzene rings is 1. The van der Waals surface area contributed by atoms with Crippen molar-refractivity contribution in [2.45, 2.75) is 59.0 Å². The minimum absolute atomic E-state index is 0.111. The molecule has 134 valence electrons. The van der Waals surface area contributed by atoms with Crippen LogP contribution in [0.4, 0.5) is 0 Å². The maximum absolute atomic E-state index is 14.1. The minimum Gasteiger partial charge on any atom is -0.310 e. The van der Waals surface area contributed by atoms with Gasteiger partial charge in [0.05, 0.1) is 11.4 Å². The molecule has 0 amide bonds. The zero-order valence-electron chi connectivity index (χ0n) is 15.4. The summed E-state index contributed by atoms with van der Waals surface area (Å²) in [6.07, 6.45) is 5.85. The summed E-state index contributed by atoms with van der Waals surface area (Å²) in [4.78, 5) is 0. The molecule has 4 heteroatoms. The maximum Gasteiger partial charge on any atom is 0.302 e. The van der Waals surface area contributed by atoms with Crippen molar-refractivity contribution >= 4 is 12.8 Å². The predicted octanol–water partition coefficient (Wildman–Crippen LogP) is 5.08. The van der Waals surface area contributed by atoms with Crippen molar-refractivity contribution in [2.24, 2.45) is 17.8 Å². The van der Waals surface area contributed by atoms with Gasteiger partial charge in [-0.15, -0.1) is 0 Å². The third-order valence-electron chi connectivity index (χ3n) is 5.78. The molecule has 1 aliphatic heterocycles. The molecule has 0 N–H and O–H groups in total. The fraction of sp³-hybridized carbons (Fsp3) is 0.700. The molecule has 1 aliphatic carbocycles. The summed E-state index contributed by atoms with van der Waals surface area (Å²) in [5.41, 5.74) is 0. The topological polar surface area (TPSA) is 29.5 Å². The van der Waals surface area contributed by atoms with Gasteiger partial charge in [0.2, 0.25) is 0 Å². The number of hydrogen-bond acceptors (Lipinski definition) is 2. The van der Waals surface area contributed by atoms with Gasteiger partial charge < -0.3 is 4.52 Å².